The Morgan fingerprint density at radius 2 is 2.06 bits per heavy atom. The fourth-order valence-electron chi connectivity index (χ4n) is 1.47. The zero-order valence-corrected chi connectivity index (χ0v) is 13.3. The number of carbonyl (C=O) groups excluding carboxylic acids is 1. The molecular formula is C12H16INO3S. The van der Waals surface area contributed by atoms with E-state index in [0.717, 1.165) is 14.8 Å². The summed E-state index contributed by atoms with van der Waals surface area (Å²) in [6.07, 6.45) is 1.75. The van der Waals surface area contributed by atoms with Crippen LogP contribution >= 0.6 is 22.6 Å². The minimum atomic E-state index is -2.99. The molecule has 0 aromatic heterocycles. The van der Waals surface area contributed by atoms with Crippen LogP contribution < -0.4 is 5.32 Å². The summed E-state index contributed by atoms with van der Waals surface area (Å²) in [7, 11) is -2.99. The molecule has 4 nitrogen and oxygen atoms in total. The molecule has 18 heavy (non-hydrogen) atoms. The van der Waals surface area contributed by atoms with Crippen LogP contribution in [0, 0.1) is 10.5 Å². The largest absolute Gasteiger partial charge is 0.326 e. The lowest BCUT2D eigenvalue weighted by Gasteiger charge is -2.08. The molecule has 0 aliphatic carbocycles. The quantitative estimate of drug-likeness (QED) is 0.797. The second-order valence-corrected chi connectivity index (χ2v) is 7.75. The van der Waals surface area contributed by atoms with Gasteiger partial charge < -0.3 is 5.32 Å². The highest BCUT2D eigenvalue weighted by Gasteiger charge is 2.07. The molecule has 0 atom stereocenters. The molecule has 0 saturated heterocycles. The minimum absolute atomic E-state index is 0.0477. The number of aryl methyl sites for hydroxylation is 1. The van der Waals surface area contributed by atoms with Crippen molar-refractivity contribution < 1.29 is 13.2 Å². The van der Waals surface area contributed by atoms with Crippen LogP contribution in [0.15, 0.2) is 18.2 Å². The highest BCUT2D eigenvalue weighted by molar-refractivity contribution is 14.1. The van der Waals surface area contributed by atoms with Crippen molar-refractivity contribution in [3.05, 3.63) is 27.3 Å². The van der Waals surface area contributed by atoms with Gasteiger partial charge in [-0.15, -0.1) is 0 Å². The maximum absolute atomic E-state index is 11.6. The van der Waals surface area contributed by atoms with Gasteiger partial charge in [-0.25, -0.2) is 8.42 Å². The molecule has 1 N–H and O–H groups in total. The Morgan fingerprint density at radius 3 is 2.61 bits per heavy atom. The van der Waals surface area contributed by atoms with Gasteiger partial charge in [-0.1, -0.05) is 0 Å². The summed E-state index contributed by atoms with van der Waals surface area (Å²) in [5.41, 5.74) is 1.78. The Kier molecular flexibility index (Phi) is 5.58. The van der Waals surface area contributed by atoms with Crippen molar-refractivity contribution >= 4 is 44.0 Å². The van der Waals surface area contributed by atoms with Gasteiger partial charge in [0.05, 0.1) is 5.75 Å². The van der Waals surface area contributed by atoms with Gasteiger partial charge in [0.1, 0.15) is 9.84 Å². The molecule has 0 aliphatic rings. The van der Waals surface area contributed by atoms with E-state index in [2.05, 4.69) is 27.9 Å². The Bertz CT molecular complexity index is 540. The third-order valence-electron chi connectivity index (χ3n) is 2.38. The number of halogens is 1. The van der Waals surface area contributed by atoms with Gasteiger partial charge in [0.25, 0.3) is 0 Å². The first-order valence-electron chi connectivity index (χ1n) is 5.51. The van der Waals surface area contributed by atoms with Gasteiger partial charge in [-0.2, -0.15) is 0 Å². The first kappa shape index (κ1) is 15.4. The smallest absolute Gasteiger partial charge is 0.224 e. The second-order valence-electron chi connectivity index (χ2n) is 4.24. The maximum Gasteiger partial charge on any atom is 0.224 e. The topological polar surface area (TPSA) is 63.2 Å². The molecule has 6 heteroatoms. The van der Waals surface area contributed by atoms with Crippen LogP contribution in [0.25, 0.3) is 0 Å². The molecule has 1 rings (SSSR count). The van der Waals surface area contributed by atoms with Crippen molar-refractivity contribution in [2.45, 2.75) is 19.8 Å². The van der Waals surface area contributed by atoms with Crippen molar-refractivity contribution in [1.82, 2.24) is 0 Å². The lowest BCUT2D eigenvalue weighted by molar-refractivity contribution is -0.116. The maximum atomic E-state index is 11.6. The summed E-state index contributed by atoms with van der Waals surface area (Å²) in [4.78, 5) is 11.6. The van der Waals surface area contributed by atoms with Crippen LogP contribution in [0.3, 0.4) is 0 Å². The van der Waals surface area contributed by atoms with Gasteiger partial charge in [-0.3, -0.25) is 4.79 Å². The molecule has 0 fully saturated rings. The summed E-state index contributed by atoms with van der Waals surface area (Å²) in [5.74, 6) is -0.102. The van der Waals surface area contributed by atoms with Crippen LogP contribution in [0.2, 0.25) is 0 Å². The summed E-state index contributed by atoms with van der Waals surface area (Å²) >= 11 is 2.21. The normalized spacial score (nSPS) is 11.3. The van der Waals surface area contributed by atoms with Gasteiger partial charge >= 0.3 is 0 Å². The third-order valence-corrected chi connectivity index (χ3v) is 4.08. The van der Waals surface area contributed by atoms with E-state index < -0.39 is 9.84 Å². The molecule has 0 radical (unpaired) electrons. The van der Waals surface area contributed by atoms with Gasteiger partial charge in [-0.05, 0) is 59.7 Å². The Balaban J connectivity index is 2.50. The highest BCUT2D eigenvalue weighted by atomic mass is 127. The van der Waals surface area contributed by atoms with E-state index in [0.29, 0.717) is 6.42 Å². The number of hydrogen-bond donors (Lipinski definition) is 1. The highest BCUT2D eigenvalue weighted by Crippen LogP contribution is 2.17. The van der Waals surface area contributed by atoms with Crippen LogP contribution in [0.5, 0.6) is 0 Å². The summed E-state index contributed by atoms with van der Waals surface area (Å²) in [6.45, 7) is 1.92. The predicted octanol–water partition coefficient (Wildman–Crippen LogP) is 2.36. The van der Waals surface area contributed by atoms with Crippen molar-refractivity contribution in [3.8, 4) is 0 Å². The number of nitrogens with one attached hydrogen (secondary N) is 1. The molecule has 100 valence electrons. The molecule has 0 spiro atoms. The fraction of sp³-hybridized carbons (Fsp3) is 0.417. The molecular weight excluding hydrogens is 365 g/mol. The molecule has 1 aromatic carbocycles. The van der Waals surface area contributed by atoms with E-state index in [4.69, 9.17) is 0 Å². The standard InChI is InChI=1S/C12H16INO3S/c1-9-8-10(13)5-6-11(9)14-12(15)4-3-7-18(2,16)17/h5-6,8H,3-4,7H2,1-2H3,(H,14,15). The molecule has 0 bridgehead atoms. The lowest BCUT2D eigenvalue weighted by Crippen LogP contribution is -2.14. The number of hydrogen-bond acceptors (Lipinski definition) is 3. The average Bonchev–Trinajstić information content (AvgIpc) is 2.20. The second kappa shape index (κ2) is 6.51. The lowest BCUT2D eigenvalue weighted by atomic mass is 10.2. The van der Waals surface area contributed by atoms with Crippen molar-refractivity contribution in [1.29, 1.82) is 0 Å². The molecule has 0 saturated carbocycles. The first-order chi connectivity index (χ1) is 8.28. The first-order valence-corrected chi connectivity index (χ1v) is 8.65. The van der Waals surface area contributed by atoms with Crippen LogP contribution in [-0.4, -0.2) is 26.3 Å². The number of amides is 1. The zero-order valence-electron chi connectivity index (χ0n) is 10.4. The summed E-state index contributed by atoms with van der Waals surface area (Å²) < 4.78 is 23.0. The van der Waals surface area contributed by atoms with Crippen molar-refractivity contribution in [2.75, 3.05) is 17.3 Å². The Morgan fingerprint density at radius 1 is 1.39 bits per heavy atom. The number of rotatable bonds is 5. The fourth-order valence-corrected chi connectivity index (χ4v) is 2.79. The van der Waals surface area contributed by atoms with E-state index in [1.165, 1.54) is 6.26 Å². The van der Waals surface area contributed by atoms with Crippen LogP contribution in [0.1, 0.15) is 18.4 Å². The minimum Gasteiger partial charge on any atom is -0.326 e. The third kappa shape index (κ3) is 5.81. The summed E-state index contributed by atoms with van der Waals surface area (Å²) in [6, 6.07) is 5.75. The molecule has 0 unspecified atom stereocenters. The Hall–Kier alpha value is -0.630. The number of sulfone groups is 1. The van der Waals surface area contributed by atoms with E-state index in [1.807, 2.05) is 25.1 Å². The van der Waals surface area contributed by atoms with Gasteiger partial charge in [0.2, 0.25) is 5.91 Å². The van der Waals surface area contributed by atoms with Gasteiger partial charge in [0.15, 0.2) is 0 Å². The van der Waals surface area contributed by atoms with Crippen LogP contribution in [-0.2, 0) is 14.6 Å². The zero-order chi connectivity index (χ0) is 13.8. The molecule has 0 heterocycles. The summed E-state index contributed by atoms with van der Waals surface area (Å²) in [5, 5.41) is 2.79. The van der Waals surface area contributed by atoms with E-state index in [-0.39, 0.29) is 18.1 Å². The molecule has 1 aromatic rings. The van der Waals surface area contributed by atoms with E-state index in [9.17, 15) is 13.2 Å². The van der Waals surface area contributed by atoms with E-state index in [1.54, 1.807) is 0 Å². The van der Waals surface area contributed by atoms with E-state index >= 15 is 0 Å². The SMILES string of the molecule is Cc1cc(I)ccc1NC(=O)CCCS(C)(=O)=O. The number of benzene rings is 1. The van der Waals surface area contributed by atoms with Crippen molar-refractivity contribution in [2.24, 2.45) is 0 Å². The predicted molar refractivity (Wildman–Crippen MR) is 81.5 cm³/mol. The number of carbonyl (C=O) groups is 1. The number of anilines is 1. The monoisotopic (exact) mass is 381 g/mol. The van der Waals surface area contributed by atoms with Crippen molar-refractivity contribution in [3.63, 3.8) is 0 Å². The average molecular weight is 381 g/mol. The molecule has 1 amide bonds. The molecule has 0 aliphatic heterocycles. The Labute approximate surface area is 121 Å². The van der Waals surface area contributed by atoms with Gasteiger partial charge in [0, 0.05) is 21.9 Å². The van der Waals surface area contributed by atoms with Crippen LogP contribution in [0.4, 0.5) is 5.69 Å².